The van der Waals surface area contributed by atoms with Crippen LogP contribution in [-0.4, -0.2) is 18.1 Å². The van der Waals surface area contributed by atoms with E-state index in [2.05, 4.69) is 0 Å². The van der Waals surface area contributed by atoms with Crippen molar-refractivity contribution in [2.24, 2.45) is 11.7 Å². The van der Waals surface area contributed by atoms with Gasteiger partial charge < -0.3 is 5.73 Å². The molecule has 0 aliphatic heterocycles. The van der Waals surface area contributed by atoms with Crippen molar-refractivity contribution in [1.82, 2.24) is 0 Å². The second-order valence-electron chi connectivity index (χ2n) is 2.76. The summed E-state index contributed by atoms with van der Waals surface area (Å²) in [5.74, 6) is -0.146. The van der Waals surface area contributed by atoms with Gasteiger partial charge in [0.05, 0.1) is 6.04 Å². The molecule has 0 heterocycles. The van der Waals surface area contributed by atoms with Gasteiger partial charge in [-0.15, -0.1) is 0 Å². The second kappa shape index (κ2) is 4.17. The number of aldehydes is 1. The zero-order valence-corrected chi connectivity index (χ0v) is 6.33. The van der Waals surface area contributed by atoms with Crippen LogP contribution >= 0.6 is 0 Å². The number of hydrogen-bond acceptors (Lipinski definition) is 3. The van der Waals surface area contributed by atoms with Crippen LogP contribution in [0.15, 0.2) is 0 Å². The minimum atomic E-state index is -0.600. The molecule has 3 nitrogen and oxygen atoms in total. The van der Waals surface area contributed by atoms with Gasteiger partial charge in [-0.3, -0.25) is 9.59 Å². The molecule has 0 aromatic rings. The van der Waals surface area contributed by atoms with Gasteiger partial charge in [0.25, 0.3) is 0 Å². The number of Topliss-reactive ketones (excluding diaryl/α,β-unsaturated/α-hetero) is 1. The molecule has 0 aliphatic carbocycles. The first kappa shape index (κ1) is 9.30. The maximum Gasteiger partial charge on any atom is 0.211 e. The third-order valence-corrected chi connectivity index (χ3v) is 1.21. The fraction of sp³-hybridized carbons (Fsp3) is 0.714. The lowest BCUT2D eigenvalue weighted by Crippen LogP contribution is -2.32. The van der Waals surface area contributed by atoms with Gasteiger partial charge in [0.1, 0.15) is 0 Å². The van der Waals surface area contributed by atoms with E-state index in [1.54, 1.807) is 0 Å². The second-order valence-corrected chi connectivity index (χ2v) is 2.76. The van der Waals surface area contributed by atoms with E-state index in [0.717, 1.165) is 0 Å². The molecule has 58 valence electrons. The maximum atomic E-state index is 10.6. The summed E-state index contributed by atoms with van der Waals surface area (Å²) in [5, 5.41) is 0. The Kier molecular flexibility index (Phi) is 3.88. The number of carbonyl (C=O) groups is 2. The first-order valence-electron chi connectivity index (χ1n) is 3.32. The van der Waals surface area contributed by atoms with Gasteiger partial charge in [-0.25, -0.2) is 0 Å². The Morgan fingerprint density at radius 2 is 2.10 bits per heavy atom. The zero-order valence-electron chi connectivity index (χ0n) is 6.33. The Morgan fingerprint density at radius 1 is 1.60 bits per heavy atom. The van der Waals surface area contributed by atoms with Crippen LogP contribution in [0.1, 0.15) is 20.3 Å². The van der Waals surface area contributed by atoms with Gasteiger partial charge in [-0.2, -0.15) is 0 Å². The van der Waals surface area contributed by atoms with Crippen molar-refractivity contribution in [3.8, 4) is 0 Å². The van der Waals surface area contributed by atoms with Crippen molar-refractivity contribution in [3.05, 3.63) is 0 Å². The van der Waals surface area contributed by atoms with E-state index in [4.69, 9.17) is 5.73 Å². The minimum Gasteiger partial charge on any atom is -0.321 e. The van der Waals surface area contributed by atoms with Crippen LogP contribution in [0.5, 0.6) is 0 Å². The Labute approximate surface area is 60.6 Å². The standard InChI is InChI=1S/C7H13NO2/c1-5(2)3-6(8)7(10)4-9/h4-6H,3,8H2,1-2H3/t6-/m0/s1. The van der Waals surface area contributed by atoms with E-state index < -0.39 is 11.8 Å². The summed E-state index contributed by atoms with van der Waals surface area (Å²) in [7, 11) is 0. The summed E-state index contributed by atoms with van der Waals surface area (Å²) in [4.78, 5) is 20.5. The predicted octanol–water partition coefficient (Wildman–Crippen LogP) is 0.128. The SMILES string of the molecule is CC(C)C[C@H](N)C(=O)C=O. The lowest BCUT2D eigenvalue weighted by Gasteiger charge is -2.08. The summed E-state index contributed by atoms with van der Waals surface area (Å²) >= 11 is 0. The first-order chi connectivity index (χ1) is 4.57. The predicted molar refractivity (Wildman–Crippen MR) is 38.5 cm³/mol. The van der Waals surface area contributed by atoms with Gasteiger partial charge in [0, 0.05) is 0 Å². The molecule has 0 bridgehead atoms. The maximum absolute atomic E-state index is 10.6. The summed E-state index contributed by atoms with van der Waals surface area (Å²) in [6.45, 7) is 3.91. The van der Waals surface area contributed by atoms with Crippen LogP contribution in [0.3, 0.4) is 0 Å². The lowest BCUT2D eigenvalue weighted by molar-refractivity contribution is -0.130. The number of hydrogen-bond donors (Lipinski definition) is 1. The molecule has 0 saturated heterocycles. The fourth-order valence-corrected chi connectivity index (χ4v) is 0.711. The zero-order chi connectivity index (χ0) is 8.15. The van der Waals surface area contributed by atoms with Crippen LogP contribution in [0.2, 0.25) is 0 Å². The topological polar surface area (TPSA) is 60.2 Å². The summed E-state index contributed by atoms with van der Waals surface area (Å²) < 4.78 is 0. The minimum absolute atomic E-state index is 0.285. The quantitative estimate of drug-likeness (QED) is 0.449. The van der Waals surface area contributed by atoms with Gasteiger partial charge in [0.15, 0.2) is 6.29 Å². The molecule has 2 N–H and O–H groups in total. The van der Waals surface area contributed by atoms with Gasteiger partial charge in [-0.1, -0.05) is 13.8 Å². The number of carbonyl (C=O) groups excluding carboxylic acids is 2. The van der Waals surface area contributed by atoms with E-state index in [1.165, 1.54) is 0 Å². The highest BCUT2D eigenvalue weighted by Gasteiger charge is 2.12. The molecule has 0 saturated carbocycles. The molecule has 0 aliphatic rings. The van der Waals surface area contributed by atoms with E-state index >= 15 is 0 Å². The molecule has 10 heavy (non-hydrogen) atoms. The molecule has 0 aromatic carbocycles. The van der Waals surface area contributed by atoms with Crippen LogP contribution < -0.4 is 5.73 Å². The largest absolute Gasteiger partial charge is 0.321 e. The normalized spacial score (nSPS) is 13.2. The molecule has 0 rings (SSSR count). The van der Waals surface area contributed by atoms with Crippen LogP contribution in [0.4, 0.5) is 0 Å². The lowest BCUT2D eigenvalue weighted by atomic mass is 10.0. The van der Waals surface area contributed by atoms with Crippen LogP contribution in [0.25, 0.3) is 0 Å². The number of rotatable bonds is 4. The van der Waals surface area contributed by atoms with Crippen LogP contribution in [-0.2, 0) is 9.59 Å². The van der Waals surface area contributed by atoms with Crippen molar-refractivity contribution >= 4 is 12.1 Å². The Bertz CT molecular complexity index is 132. The molecule has 0 fully saturated rings. The van der Waals surface area contributed by atoms with Crippen molar-refractivity contribution in [1.29, 1.82) is 0 Å². The van der Waals surface area contributed by atoms with Gasteiger partial charge in [-0.05, 0) is 12.3 Å². The average molecular weight is 143 g/mol. The Hall–Kier alpha value is -0.700. The van der Waals surface area contributed by atoms with E-state index in [0.29, 0.717) is 12.3 Å². The fourth-order valence-electron chi connectivity index (χ4n) is 0.711. The highest BCUT2D eigenvalue weighted by molar-refractivity contribution is 6.27. The van der Waals surface area contributed by atoms with Crippen molar-refractivity contribution in [3.63, 3.8) is 0 Å². The summed E-state index contributed by atoms with van der Waals surface area (Å²) in [6, 6.07) is -0.600. The molecule has 0 spiro atoms. The average Bonchev–Trinajstić information content (AvgIpc) is 1.85. The molecule has 0 unspecified atom stereocenters. The van der Waals surface area contributed by atoms with Gasteiger partial charge >= 0.3 is 0 Å². The van der Waals surface area contributed by atoms with Gasteiger partial charge in [0.2, 0.25) is 5.78 Å². The van der Waals surface area contributed by atoms with Crippen molar-refractivity contribution in [2.75, 3.05) is 0 Å². The number of ketones is 1. The van der Waals surface area contributed by atoms with E-state index in [1.807, 2.05) is 13.8 Å². The van der Waals surface area contributed by atoms with Crippen molar-refractivity contribution in [2.45, 2.75) is 26.3 Å². The third-order valence-electron chi connectivity index (χ3n) is 1.21. The Morgan fingerprint density at radius 3 is 2.40 bits per heavy atom. The highest BCUT2D eigenvalue weighted by atomic mass is 16.2. The summed E-state index contributed by atoms with van der Waals surface area (Å²) in [6.07, 6.45) is 0.866. The van der Waals surface area contributed by atoms with Crippen LogP contribution in [0, 0.1) is 5.92 Å². The molecule has 0 aromatic heterocycles. The smallest absolute Gasteiger partial charge is 0.211 e. The molecule has 3 heteroatoms. The van der Waals surface area contributed by atoms with E-state index in [-0.39, 0.29) is 6.29 Å². The molecule has 0 radical (unpaired) electrons. The highest BCUT2D eigenvalue weighted by Crippen LogP contribution is 2.01. The van der Waals surface area contributed by atoms with E-state index in [9.17, 15) is 9.59 Å². The molecule has 1 atom stereocenters. The molecular weight excluding hydrogens is 130 g/mol. The summed E-state index contributed by atoms with van der Waals surface area (Å²) in [5.41, 5.74) is 5.35. The first-order valence-corrected chi connectivity index (χ1v) is 3.32. The Balaban J connectivity index is 3.72. The molecular formula is C7H13NO2. The molecule has 0 amide bonds. The monoisotopic (exact) mass is 143 g/mol. The number of nitrogens with two attached hydrogens (primary N) is 1. The third kappa shape index (κ3) is 3.35. The van der Waals surface area contributed by atoms with Crippen molar-refractivity contribution < 1.29 is 9.59 Å².